The second-order valence-corrected chi connectivity index (χ2v) is 6.91. The fourth-order valence-electron chi connectivity index (χ4n) is 4.95. The molecule has 0 heterocycles. The van der Waals surface area contributed by atoms with Gasteiger partial charge in [-0.15, -0.1) is 0 Å². The molecule has 0 saturated heterocycles. The Bertz CT molecular complexity index is 382. The second-order valence-electron chi connectivity index (χ2n) is 6.91. The van der Waals surface area contributed by atoms with E-state index in [1.807, 2.05) is 6.92 Å². The molecule has 0 atom stereocenters. The maximum Gasteiger partial charge on any atom is 0.314 e. The SMILES string of the molecule is CCNC(=O)NCCOC(=O)C1C2CC3CC(C2)CC1C3. The van der Waals surface area contributed by atoms with Gasteiger partial charge in [0.25, 0.3) is 0 Å². The number of rotatable bonds is 5. The molecule has 0 aliphatic heterocycles. The number of hydrogen-bond acceptors (Lipinski definition) is 3. The largest absolute Gasteiger partial charge is 0.464 e. The van der Waals surface area contributed by atoms with Gasteiger partial charge in [-0.25, -0.2) is 4.79 Å². The quantitative estimate of drug-likeness (QED) is 0.601. The number of amides is 2. The summed E-state index contributed by atoms with van der Waals surface area (Å²) in [4.78, 5) is 23.6. The van der Waals surface area contributed by atoms with E-state index in [0.29, 0.717) is 24.9 Å². The molecule has 4 aliphatic carbocycles. The maximum absolute atomic E-state index is 12.4. The molecule has 5 heteroatoms. The summed E-state index contributed by atoms with van der Waals surface area (Å²) in [5.41, 5.74) is 0. The van der Waals surface area contributed by atoms with Crippen LogP contribution in [0.2, 0.25) is 0 Å². The van der Waals surface area contributed by atoms with Gasteiger partial charge < -0.3 is 15.4 Å². The van der Waals surface area contributed by atoms with Crippen LogP contribution in [0.3, 0.4) is 0 Å². The number of esters is 1. The molecule has 4 rings (SSSR count). The summed E-state index contributed by atoms with van der Waals surface area (Å²) in [7, 11) is 0. The van der Waals surface area contributed by atoms with Crippen LogP contribution in [0.25, 0.3) is 0 Å². The first kappa shape index (κ1) is 14.7. The van der Waals surface area contributed by atoms with Crippen LogP contribution < -0.4 is 10.6 Å². The van der Waals surface area contributed by atoms with Crippen molar-refractivity contribution >= 4 is 12.0 Å². The smallest absolute Gasteiger partial charge is 0.314 e. The van der Waals surface area contributed by atoms with Crippen LogP contribution in [0.1, 0.15) is 39.0 Å². The van der Waals surface area contributed by atoms with E-state index >= 15 is 0 Å². The molecule has 4 saturated carbocycles. The van der Waals surface area contributed by atoms with Crippen LogP contribution in [0.5, 0.6) is 0 Å². The van der Waals surface area contributed by atoms with Crippen molar-refractivity contribution in [2.45, 2.75) is 39.0 Å². The van der Waals surface area contributed by atoms with Gasteiger partial charge in [0, 0.05) is 6.54 Å². The van der Waals surface area contributed by atoms with E-state index in [2.05, 4.69) is 10.6 Å². The highest BCUT2D eigenvalue weighted by Gasteiger charge is 2.51. The van der Waals surface area contributed by atoms with Crippen LogP contribution in [-0.2, 0) is 9.53 Å². The lowest BCUT2D eigenvalue weighted by Gasteiger charge is -2.53. The first-order chi connectivity index (χ1) is 10.2. The Balaban J connectivity index is 1.43. The number of nitrogens with one attached hydrogen (secondary N) is 2. The zero-order valence-corrected chi connectivity index (χ0v) is 12.8. The zero-order valence-electron chi connectivity index (χ0n) is 12.8. The lowest BCUT2D eigenvalue weighted by Crippen LogP contribution is -2.48. The van der Waals surface area contributed by atoms with Gasteiger partial charge in [0.1, 0.15) is 6.61 Å². The summed E-state index contributed by atoms with van der Waals surface area (Å²) < 4.78 is 5.42. The van der Waals surface area contributed by atoms with Crippen molar-refractivity contribution in [3.05, 3.63) is 0 Å². The molecular weight excluding hydrogens is 268 g/mol. The lowest BCUT2D eigenvalue weighted by molar-refractivity contribution is -0.162. The van der Waals surface area contributed by atoms with Gasteiger partial charge in [0.15, 0.2) is 0 Å². The summed E-state index contributed by atoms with van der Waals surface area (Å²) >= 11 is 0. The molecule has 118 valence electrons. The van der Waals surface area contributed by atoms with Gasteiger partial charge in [0.2, 0.25) is 0 Å². The maximum atomic E-state index is 12.4. The molecule has 0 aromatic rings. The van der Waals surface area contributed by atoms with Gasteiger partial charge in [-0.05, 0) is 62.7 Å². The number of urea groups is 1. The van der Waals surface area contributed by atoms with E-state index in [0.717, 1.165) is 11.8 Å². The van der Waals surface area contributed by atoms with Crippen LogP contribution in [-0.4, -0.2) is 31.7 Å². The highest BCUT2D eigenvalue weighted by atomic mass is 16.5. The Morgan fingerprint density at radius 3 is 2.19 bits per heavy atom. The predicted octanol–water partition coefficient (Wildman–Crippen LogP) is 1.92. The standard InChI is InChI=1S/C16H26N2O3/c1-2-17-16(20)18-3-4-21-15(19)14-12-6-10-5-11(8-12)9-13(14)7-10/h10-14H,2-9H2,1H3,(H2,17,18,20). The Morgan fingerprint density at radius 1 is 1.00 bits per heavy atom. The molecule has 5 nitrogen and oxygen atoms in total. The minimum absolute atomic E-state index is 0.0264. The van der Waals surface area contributed by atoms with Gasteiger partial charge in [-0.1, -0.05) is 0 Å². The predicted molar refractivity (Wildman–Crippen MR) is 78.6 cm³/mol. The van der Waals surface area contributed by atoms with Gasteiger partial charge in [0.05, 0.1) is 12.5 Å². The van der Waals surface area contributed by atoms with Gasteiger partial charge in [-0.3, -0.25) is 4.79 Å². The van der Waals surface area contributed by atoms with Crippen molar-refractivity contribution in [3.63, 3.8) is 0 Å². The first-order valence-electron chi connectivity index (χ1n) is 8.35. The molecule has 0 aromatic carbocycles. The van der Waals surface area contributed by atoms with Crippen molar-refractivity contribution in [2.75, 3.05) is 19.7 Å². The van der Waals surface area contributed by atoms with E-state index in [4.69, 9.17) is 4.74 Å². The van der Waals surface area contributed by atoms with Crippen LogP contribution >= 0.6 is 0 Å². The molecule has 0 aromatic heterocycles. The lowest BCUT2D eigenvalue weighted by atomic mass is 9.52. The minimum Gasteiger partial charge on any atom is -0.464 e. The molecule has 0 spiro atoms. The summed E-state index contributed by atoms with van der Waals surface area (Å²) in [6.45, 7) is 3.12. The Kier molecular flexibility index (Phi) is 4.36. The van der Waals surface area contributed by atoms with E-state index < -0.39 is 0 Å². The fourth-order valence-corrected chi connectivity index (χ4v) is 4.95. The third-order valence-electron chi connectivity index (χ3n) is 5.47. The molecule has 0 unspecified atom stereocenters. The average Bonchev–Trinajstić information content (AvgIpc) is 2.42. The molecule has 2 amide bonds. The summed E-state index contributed by atoms with van der Waals surface area (Å²) in [6, 6.07) is -0.205. The third-order valence-corrected chi connectivity index (χ3v) is 5.47. The molecule has 4 bridgehead atoms. The fraction of sp³-hybridized carbons (Fsp3) is 0.875. The van der Waals surface area contributed by atoms with Gasteiger partial charge in [-0.2, -0.15) is 0 Å². The monoisotopic (exact) mass is 294 g/mol. The van der Waals surface area contributed by atoms with E-state index in [-0.39, 0.29) is 24.5 Å². The van der Waals surface area contributed by atoms with Crippen molar-refractivity contribution in [1.82, 2.24) is 10.6 Å². The topological polar surface area (TPSA) is 67.4 Å². The Labute approximate surface area is 126 Å². The van der Waals surface area contributed by atoms with Crippen molar-refractivity contribution in [3.8, 4) is 0 Å². The third kappa shape index (κ3) is 3.16. The summed E-state index contributed by atoms with van der Waals surface area (Å²) in [5.74, 6) is 2.96. The number of carbonyl (C=O) groups excluding carboxylic acids is 2. The minimum atomic E-state index is -0.205. The normalized spacial score (nSPS) is 36.3. The van der Waals surface area contributed by atoms with Crippen LogP contribution in [0.4, 0.5) is 4.79 Å². The number of hydrogen-bond donors (Lipinski definition) is 2. The molecule has 4 fully saturated rings. The number of ether oxygens (including phenoxy) is 1. The Hall–Kier alpha value is -1.26. The number of carbonyl (C=O) groups is 2. The van der Waals surface area contributed by atoms with E-state index in [9.17, 15) is 9.59 Å². The van der Waals surface area contributed by atoms with Crippen LogP contribution in [0, 0.1) is 29.6 Å². The molecule has 0 radical (unpaired) electrons. The Morgan fingerprint density at radius 2 is 1.62 bits per heavy atom. The highest BCUT2D eigenvalue weighted by molar-refractivity contribution is 5.74. The summed E-state index contributed by atoms with van der Waals surface area (Å²) in [5, 5.41) is 5.33. The van der Waals surface area contributed by atoms with Crippen molar-refractivity contribution in [2.24, 2.45) is 29.6 Å². The average molecular weight is 294 g/mol. The highest BCUT2D eigenvalue weighted by Crippen LogP contribution is 2.56. The van der Waals surface area contributed by atoms with E-state index in [1.54, 1.807) is 0 Å². The molecule has 4 aliphatic rings. The molecule has 2 N–H and O–H groups in total. The summed E-state index contributed by atoms with van der Waals surface area (Å²) in [6.07, 6.45) is 6.30. The molecule has 21 heavy (non-hydrogen) atoms. The second kappa shape index (κ2) is 6.24. The van der Waals surface area contributed by atoms with Crippen molar-refractivity contribution in [1.29, 1.82) is 0 Å². The first-order valence-corrected chi connectivity index (χ1v) is 8.35. The zero-order chi connectivity index (χ0) is 14.8. The van der Waals surface area contributed by atoms with E-state index in [1.165, 1.54) is 32.1 Å². The molecular formula is C16H26N2O3. The van der Waals surface area contributed by atoms with Crippen LogP contribution in [0.15, 0.2) is 0 Å². The van der Waals surface area contributed by atoms with Gasteiger partial charge >= 0.3 is 12.0 Å². The van der Waals surface area contributed by atoms with Crippen molar-refractivity contribution < 1.29 is 14.3 Å².